The summed E-state index contributed by atoms with van der Waals surface area (Å²) in [6, 6.07) is 0.140. The Morgan fingerprint density at radius 2 is 1.88 bits per heavy atom. The molecule has 0 aromatic heterocycles. The Balaban J connectivity index is 2.63. The predicted molar refractivity (Wildman–Crippen MR) is 70.0 cm³/mol. The minimum atomic E-state index is -2.93. The van der Waals surface area contributed by atoms with Gasteiger partial charge >= 0.3 is 0 Å². The molecule has 0 amide bonds. The standard InChI is InChI=1S/C12H25NO3S/c1-9(8-17(6,14)15)13-10-7-11(2,3)16-12(10,4)5/h9-10,13H,7-8H2,1-6H3. The molecule has 1 fully saturated rings. The largest absolute Gasteiger partial charge is 0.368 e. The molecule has 1 heterocycles. The Morgan fingerprint density at radius 1 is 1.35 bits per heavy atom. The average molecular weight is 263 g/mol. The molecule has 5 heteroatoms. The number of rotatable bonds is 4. The zero-order valence-electron chi connectivity index (χ0n) is 11.7. The highest BCUT2D eigenvalue weighted by Crippen LogP contribution is 2.37. The van der Waals surface area contributed by atoms with Crippen LogP contribution in [0.5, 0.6) is 0 Å². The van der Waals surface area contributed by atoms with E-state index in [1.165, 1.54) is 6.26 Å². The van der Waals surface area contributed by atoms with Crippen molar-refractivity contribution < 1.29 is 13.2 Å². The van der Waals surface area contributed by atoms with Gasteiger partial charge in [-0.1, -0.05) is 0 Å². The summed E-state index contributed by atoms with van der Waals surface area (Å²) in [5, 5.41) is 3.38. The van der Waals surface area contributed by atoms with Gasteiger partial charge in [-0.3, -0.25) is 0 Å². The quantitative estimate of drug-likeness (QED) is 0.832. The van der Waals surface area contributed by atoms with E-state index in [-0.39, 0.29) is 29.0 Å². The van der Waals surface area contributed by atoms with Gasteiger partial charge in [-0.05, 0) is 41.0 Å². The molecule has 0 aliphatic carbocycles. The van der Waals surface area contributed by atoms with Gasteiger partial charge in [0.1, 0.15) is 9.84 Å². The van der Waals surface area contributed by atoms with Crippen molar-refractivity contribution in [2.75, 3.05) is 12.0 Å². The van der Waals surface area contributed by atoms with Crippen LogP contribution in [-0.2, 0) is 14.6 Å². The molecule has 0 aromatic rings. The van der Waals surface area contributed by atoms with Gasteiger partial charge in [0.05, 0.1) is 17.0 Å². The summed E-state index contributed by atoms with van der Waals surface area (Å²) < 4.78 is 28.4. The fourth-order valence-electron chi connectivity index (χ4n) is 2.67. The van der Waals surface area contributed by atoms with Crippen molar-refractivity contribution in [1.82, 2.24) is 5.32 Å². The maximum Gasteiger partial charge on any atom is 0.148 e. The van der Waals surface area contributed by atoms with Crippen molar-refractivity contribution >= 4 is 9.84 Å². The van der Waals surface area contributed by atoms with Crippen LogP contribution in [0.15, 0.2) is 0 Å². The lowest BCUT2D eigenvalue weighted by Gasteiger charge is -2.29. The van der Waals surface area contributed by atoms with Crippen LogP contribution in [0.4, 0.5) is 0 Å². The van der Waals surface area contributed by atoms with Crippen molar-refractivity contribution in [3.63, 3.8) is 0 Å². The molecule has 102 valence electrons. The minimum absolute atomic E-state index is 0.0493. The second kappa shape index (κ2) is 4.52. The summed E-state index contributed by atoms with van der Waals surface area (Å²) >= 11 is 0. The molecule has 17 heavy (non-hydrogen) atoms. The zero-order valence-corrected chi connectivity index (χ0v) is 12.5. The van der Waals surface area contributed by atoms with E-state index in [4.69, 9.17) is 4.74 Å². The Labute approximate surface area is 105 Å². The smallest absolute Gasteiger partial charge is 0.148 e. The molecule has 1 rings (SSSR count). The second-order valence-electron chi connectivity index (χ2n) is 6.38. The molecular formula is C12H25NO3S. The van der Waals surface area contributed by atoms with Crippen LogP contribution in [0.1, 0.15) is 41.0 Å². The van der Waals surface area contributed by atoms with E-state index in [0.29, 0.717) is 0 Å². The van der Waals surface area contributed by atoms with Gasteiger partial charge in [-0.15, -0.1) is 0 Å². The minimum Gasteiger partial charge on any atom is -0.368 e. The second-order valence-corrected chi connectivity index (χ2v) is 8.57. The molecule has 1 aliphatic heterocycles. The molecule has 1 N–H and O–H groups in total. The van der Waals surface area contributed by atoms with Crippen LogP contribution in [0, 0.1) is 0 Å². The van der Waals surface area contributed by atoms with Crippen molar-refractivity contribution in [2.24, 2.45) is 0 Å². The van der Waals surface area contributed by atoms with E-state index in [1.807, 2.05) is 20.8 Å². The van der Waals surface area contributed by atoms with Crippen LogP contribution >= 0.6 is 0 Å². The first kappa shape index (κ1) is 14.9. The third-order valence-electron chi connectivity index (χ3n) is 3.11. The summed E-state index contributed by atoms with van der Waals surface area (Å²) in [5.41, 5.74) is -0.402. The predicted octanol–water partition coefficient (Wildman–Crippen LogP) is 1.36. The normalized spacial score (nSPS) is 29.2. The lowest BCUT2D eigenvalue weighted by molar-refractivity contribution is -0.0702. The number of sulfone groups is 1. The average Bonchev–Trinajstić information content (AvgIpc) is 2.13. The third kappa shape index (κ3) is 4.56. The number of nitrogens with one attached hydrogen (secondary N) is 1. The highest BCUT2D eigenvalue weighted by molar-refractivity contribution is 7.90. The number of hydrogen-bond donors (Lipinski definition) is 1. The van der Waals surface area contributed by atoms with Crippen LogP contribution in [0.25, 0.3) is 0 Å². The van der Waals surface area contributed by atoms with E-state index < -0.39 is 9.84 Å². The Kier molecular flexibility index (Phi) is 3.97. The Morgan fingerprint density at radius 3 is 2.24 bits per heavy atom. The van der Waals surface area contributed by atoms with Crippen LogP contribution in [0.3, 0.4) is 0 Å². The molecule has 0 spiro atoms. The molecule has 1 aliphatic rings. The molecule has 4 nitrogen and oxygen atoms in total. The first-order valence-electron chi connectivity index (χ1n) is 6.05. The van der Waals surface area contributed by atoms with Gasteiger partial charge in [0.15, 0.2) is 0 Å². The molecular weight excluding hydrogens is 238 g/mol. The lowest BCUT2D eigenvalue weighted by atomic mass is 9.94. The van der Waals surface area contributed by atoms with Crippen molar-refractivity contribution in [2.45, 2.75) is 64.3 Å². The van der Waals surface area contributed by atoms with E-state index in [0.717, 1.165) is 6.42 Å². The SMILES string of the molecule is CC(CS(C)(=O)=O)NC1CC(C)(C)OC1(C)C. The fourth-order valence-corrected chi connectivity index (χ4v) is 3.67. The molecule has 0 radical (unpaired) electrons. The van der Waals surface area contributed by atoms with Gasteiger partial charge in [0, 0.05) is 18.3 Å². The van der Waals surface area contributed by atoms with Crippen molar-refractivity contribution in [3.8, 4) is 0 Å². The first-order chi connectivity index (χ1) is 7.41. The zero-order chi connectivity index (χ0) is 13.5. The van der Waals surface area contributed by atoms with Crippen LogP contribution < -0.4 is 5.32 Å². The molecule has 1 saturated heterocycles. The topological polar surface area (TPSA) is 55.4 Å². The maximum atomic E-state index is 11.2. The summed E-state index contributed by atoms with van der Waals surface area (Å²) in [6.45, 7) is 10.1. The monoisotopic (exact) mass is 263 g/mol. The number of ether oxygens (including phenoxy) is 1. The summed E-state index contributed by atoms with van der Waals surface area (Å²) in [6.07, 6.45) is 2.17. The lowest BCUT2D eigenvalue weighted by Crippen LogP contribution is -2.48. The maximum absolute atomic E-state index is 11.2. The van der Waals surface area contributed by atoms with Crippen LogP contribution in [0.2, 0.25) is 0 Å². The van der Waals surface area contributed by atoms with Crippen LogP contribution in [-0.4, -0.2) is 43.7 Å². The third-order valence-corrected chi connectivity index (χ3v) is 4.22. The molecule has 2 atom stereocenters. The van der Waals surface area contributed by atoms with Gasteiger partial charge < -0.3 is 10.1 Å². The van der Waals surface area contributed by atoms with Crippen molar-refractivity contribution in [3.05, 3.63) is 0 Å². The van der Waals surface area contributed by atoms with E-state index in [9.17, 15) is 8.42 Å². The van der Waals surface area contributed by atoms with E-state index in [2.05, 4.69) is 19.2 Å². The van der Waals surface area contributed by atoms with Gasteiger partial charge in [-0.2, -0.15) is 0 Å². The van der Waals surface area contributed by atoms with Crippen molar-refractivity contribution in [1.29, 1.82) is 0 Å². The van der Waals surface area contributed by atoms with Gasteiger partial charge in [0.2, 0.25) is 0 Å². The highest BCUT2D eigenvalue weighted by Gasteiger charge is 2.46. The highest BCUT2D eigenvalue weighted by atomic mass is 32.2. The Bertz CT molecular complexity index is 373. The summed E-state index contributed by atoms with van der Waals surface area (Å²) in [5.74, 6) is 0.167. The summed E-state index contributed by atoms with van der Waals surface area (Å²) in [4.78, 5) is 0. The first-order valence-corrected chi connectivity index (χ1v) is 8.11. The molecule has 0 saturated carbocycles. The molecule has 0 aromatic carbocycles. The number of hydrogen-bond acceptors (Lipinski definition) is 4. The Hall–Kier alpha value is -0.130. The van der Waals surface area contributed by atoms with E-state index in [1.54, 1.807) is 0 Å². The fraction of sp³-hybridized carbons (Fsp3) is 1.00. The molecule has 0 bridgehead atoms. The summed E-state index contributed by atoms with van der Waals surface area (Å²) in [7, 11) is -2.93. The van der Waals surface area contributed by atoms with Gasteiger partial charge in [0.25, 0.3) is 0 Å². The van der Waals surface area contributed by atoms with Gasteiger partial charge in [-0.25, -0.2) is 8.42 Å². The molecule has 2 unspecified atom stereocenters. The van der Waals surface area contributed by atoms with E-state index >= 15 is 0 Å².